The minimum absolute atomic E-state index is 0. The van der Waals surface area contributed by atoms with Gasteiger partial charge in [-0.15, -0.1) is 12.4 Å². The van der Waals surface area contributed by atoms with Gasteiger partial charge in [0, 0.05) is 13.0 Å². The Hall–Kier alpha value is -0.0800. The number of Topliss-reactive ketones (excluding diaryl/α,β-unsaturated/α-hetero) is 1. The number of carbonyl (C=O) groups is 1. The topological polar surface area (TPSA) is 29.1 Å². The number of hydrogen-bond acceptors (Lipinski definition) is 2. The molecule has 0 aromatic rings. The zero-order valence-electron chi connectivity index (χ0n) is 6.51. The van der Waals surface area contributed by atoms with Crippen molar-refractivity contribution in [3.63, 3.8) is 0 Å². The van der Waals surface area contributed by atoms with E-state index in [1.54, 1.807) is 0 Å². The van der Waals surface area contributed by atoms with Gasteiger partial charge in [-0.25, -0.2) is 0 Å². The van der Waals surface area contributed by atoms with Crippen LogP contribution in [0.2, 0.25) is 0 Å². The quantitative estimate of drug-likeness (QED) is 0.648. The number of nitrogens with one attached hydrogen (secondary N) is 1. The van der Waals surface area contributed by atoms with Crippen LogP contribution in [0.25, 0.3) is 0 Å². The van der Waals surface area contributed by atoms with Crippen molar-refractivity contribution in [2.45, 2.75) is 31.7 Å². The first-order chi connectivity index (χ1) is 4.88. The zero-order chi connectivity index (χ0) is 6.97. The normalized spacial score (nSPS) is 31.3. The van der Waals surface area contributed by atoms with Gasteiger partial charge in [0.2, 0.25) is 0 Å². The van der Waals surface area contributed by atoms with Crippen LogP contribution in [-0.4, -0.2) is 18.4 Å². The number of carbonyl (C=O) groups excluding carboxylic acids is 1. The van der Waals surface area contributed by atoms with Crippen LogP contribution in [0.15, 0.2) is 0 Å². The Labute approximate surface area is 73.1 Å². The average Bonchev–Trinajstić information content (AvgIpc) is 2.12. The largest absolute Gasteiger partial charge is 0.307 e. The molecule has 1 atom stereocenters. The monoisotopic (exact) mass is 175 g/mol. The first-order valence-corrected chi connectivity index (χ1v) is 4.14. The molecule has 0 aromatic carbocycles. The van der Waals surface area contributed by atoms with Crippen molar-refractivity contribution in [2.75, 3.05) is 6.54 Å². The summed E-state index contributed by atoms with van der Waals surface area (Å²) < 4.78 is 0. The third-order valence-electron chi connectivity index (χ3n) is 2.70. The van der Waals surface area contributed by atoms with Crippen molar-refractivity contribution in [1.29, 1.82) is 0 Å². The van der Waals surface area contributed by atoms with E-state index >= 15 is 0 Å². The van der Waals surface area contributed by atoms with Crippen molar-refractivity contribution in [3.05, 3.63) is 0 Å². The fourth-order valence-electron chi connectivity index (χ4n) is 1.82. The van der Waals surface area contributed by atoms with E-state index in [9.17, 15) is 4.79 Å². The molecule has 2 aliphatic rings. The van der Waals surface area contributed by atoms with E-state index in [1.807, 2.05) is 0 Å². The highest BCUT2D eigenvalue weighted by atomic mass is 35.5. The summed E-state index contributed by atoms with van der Waals surface area (Å²) in [5.74, 6) is 1.14. The van der Waals surface area contributed by atoms with Crippen LogP contribution >= 0.6 is 12.4 Å². The fraction of sp³-hybridized carbons (Fsp3) is 0.875. The molecule has 1 N–H and O–H groups in total. The summed E-state index contributed by atoms with van der Waals surface area (Å²) in [6.45, 7) is 0.917. The Morgan fingerprint density at radius 2 is 2.09 bits per heavy atom. The lowest BCUT2D eigenvalue weighted by Gasteiger charge is -2.30. The molecule has 3 heteroatoms. The van der Waals surface area contributed by atoms with Crippen LogP contribution in [0.4, 0.5) is 0 Å². The highest BCUT2D eigenvalue weighted by Gasteiger charge is 2.34. The van der Waals surface area contributed by atoms with Crippen molar-refractivity contribution >= 4 is 18.2 Å². The number of rotatable bonds is 1. The van der Waals surface area contributed by atoms with E-state index in [0.29, 0.717) is 11.7 Å². The van der Waals surface area contributed by atoms with Gasteiger partial charge in [0.1, 0.15) is 0 Å². The second kappa shape index (κ2) is 3.55. The Kier molecular flexibility index (Phi) is 2.90. The number of halogens is 1. The number of hydrogen-bond donors (Lipinski definition) is 1. The number of ketones is 1. The molecule has 1 heterocycles. The van der Waals surface area contributed by atoms with Crippen molar-refractivity contribution in [2.24, 2.45) is 5.92 Å². The molecule has 0 radical (unpaired) electrons. The van der Waals surface area contributed by atoms with Gasteiger partial charge in [-0.05, 0) is 18.8 Å². The predicted octanol–water partition coefficient (Wildman–Crippen LogP) is 1.14. The summed E-state index contributed by atoms with van der Waals surface area (Å²) in [5.41, 5.74) is 0. The summed E-state index contributed by atoms with van der Waals surface area (Å²) in [6, 6.07) is 0.244. The van der Waals surface area contributed by atoms with Crippen LogP contribution in [-0.2, 0) is 4.79 Å². The van der Waals surface area contributed by atoms with E-state index in [-0.39, 0.29) is 18.4 Å². The van der Waals surface area contributed by atoms with Crippen LogP contribution in [0.5, 0.6) is 0 Å². The first kappa shape index (κ1) is 9.01. The van der Waals surface area contributed by atoms with Crippen LogP contribution in [0.1, 0.15) is 25.7 Å². The van der Waals surface area contributed by atoms with Gasteiger partial charge in [-0.2, -0.15) is 0 Å². The molecule has 1 aliphatic carbocycles. The SMILES string of the molecule is Cl.O=C1CCNC1C1CCC1. The molecule has 1 aliphatic heterocycles. The highest BCUT2D eigenvalue weighted by Crippen LogP contribution is 2.31. The maximum absolute atomic E-state index is 11.1. The predicted molar refractivity (Wildman–Crippen MR) is 46.0 cm³/mol. The van der Waals surface area contributed by atoms with Crippen LogP contribution in [0.3, 0.4) is 0 Å². The molecule has 2 nitrogen and oxygen atoms in total. The maximum atomic E-state index is 11.1. The fourth-order valence-corrected chi connectivity index (χ4v) is 1.82. The van der Waals surface area contributed by atoms with E-state index in [2.05, 4.69) is 5.32 Å². The molecule has 1 saturated carbocycles. The third-order valence-corrected chi connectivity index (χ3v) is 2.70. The summed E-state index contributed by atoms with van der Waals surface area (Å²) >= 11 is 0. The van der Waals surface area contributed by atoms with Gasteiger partial charge < -0.3 is 5.32 Å². The maximum Gasteiger partial charge on any atom is 0.151 e. The van der Waals surface area contributed by atoms with Gasteiger partial charge in [0.25, 0.3) is 0 Å². The molecule has 1 unspecified atom stereocenters. The second-order valence-electron chi connectivity index (χ2n) is 3.34. The van der Waals surface area contributed by atoms with E-state index in [1.165, 1.54) is 19.3 Å². The molecular formula is C8H14ClNO. The molecule has 0 spiro atoms. The zero-order valence-corrected chi connectivity index (χ0v) is 7.32. The lowest BCUT2D eigenvalue weighted by atomic mass is 9.79. The Balaban J connectivity index is 0.000000605. The van der Waals surface area contributed by atoms with Crippen LogP contribution in [0, 0.1) is 5.92 Å². The van der Waals surface area contributed by atoms with Crippen LogP contribution < -0.4 is 5.32 Å². The molecule has 2 rings (SSSR count). The molecule has 2 fully saturated rings. The summed E-state index contributed by atoms with van der Waals surface area (Å²) in [6.07, 6.45) is 4.63. The van der Waals surface area contributed by atoms with Gasteiger partial charge in [-0.3, -0.25) is 4.79 Å². The lowest BCUT2D eigenvalue weighted by molar-refractivity contribution is -0.120. The molecule has 0 amide bonds. The first-order valence-electron chi connectivity index (χ1n) is 4.14. The molecular weight excluding hydrogens is 162 g/mol. The average molecular weight is 176 g/mol. The molecule has 64 valence electrons. The Morgan fingerprint density at radius 1 is 1.36 bits per heavy atom. The van der Waals surface area contributed by atoms with Gasteiger partial charge in [0.05, 0.1) is 6.04 Å². The summed E-state index contributed by atoms with van der Waals surface area (Å²) in [5, 5.41) is 3.26. The second-order valence-corrected chi connectivity index (χ2v) is 3.34. The Bertz CT molecular complexity index is 156. The minimum Gasteiger partial charge on any atom is -0.307 e. The summed E-state index contributed by atoms with van der Waals surface area (Å²) in [7, 11) is 0. The smallest absolute Gasteiger partial charge is 0.151 e. The highest BCUT2D eigenvalue weighted by molar-refractivity contribution is 5.86. The molecule has 1 saturated heterocycles. The standard InChI is InChI=1S/C8H13NO.ClH/c10-7-4-5-9-8(7)6-2-1-3-6;/h6,8-9H,1-5H2;1H. The van der Waals surface area contributed by atoms with E-state index < -0.39 is 0 Å². The third kappa shape index (κ3) is 1.57. The van der Waals surface area contributed by atoms with Crippen molar-refractivity contribution < 1.29 is 4.79 Å². The summed E-state index contributed by atoms with van der Waals surface area (Å²) in [4.78, 5) is 11.1. The van der Waals surface area contributed by atoms with Crippen molar-refractivity contribution in [1.82, 2.24) is 5.32 Å². The van der Waals surface area contributed by atoms with Gasteiger partial charge in [-0.1, -0.05) is 6.42 Å². The lowest BCUT2D eigenvalue weighted by Crippen LogP contribution is -2.38. The Morgan fingerprint density at radius 3 is 2.45 bits per heavy atom. The molecule has 0 aromatic heterocycles. The van der Waals surface area contributed by atoms with E-state index in [4.69, 9.17) is 0 Å². The van der Waals surface area contributed by atoms with Gasteiger partial charge >= 0.3 is 0 Å². The molecule has 0 bridgehead atoms. The van der Waals surface area contributed by atoms with E-state index in [0.717, 1.165) is 13.0 Å². The molecule has 11 heavy (non-hydrogen) atoms. The van der Waals surface area contributed by atoms with Crippen molar-refractivity contribution in [3.8, 4) is 0 Å². The van der Waals surface area contributed by atoms with Gasteiger partial charge in [0.15, 0.2) is 5.78 Å². The minimum atomic E-state index is 0.